The number of aliphatic hydroxyl groups is 1. The lowest BCUT2D eigenvalue weighted by Gasteiger charge is -2.29. The highest BCUT2D eigenvalue weighted by Crippen LogP contribution is 2.36. The van der Waals surface area contributed by atoms with E-state index in [9.17, 15) is 5.11 Å². The zero-order valence-corrected chi connectivity index (χ0v) is 9.58. The maximum atomic E-state index is 10.2. The summed E-state index contributed by atoms with van der Waals surface area (Å²) in [5.41, 5.74) is 5.71. The van der Waals surface area contributed by atoms with Crippen LogP contribution in [-0.2, 0) is 0 Å². The van der Waals surface area contributed by atoms with Crippen LogP contribution in [0.25, 0.3) is 0 Å². The van der Waals surface area contributed by atoms with Gasteiger partial charge in [-0.3, -0.25) is 0 Å². The van der Waals surface area contributed by atoms with Gasteiger partial charge < -0.3 is 10.8 Å². The van der Waals surface area contributed by atoms with E-state index in [1.54, 1.807) is 0 Å². The Bertz CT molecular complexity index is 160. The van der Waals surface area contributed by atoms with Crippen LogP contribution >= 0.6 is 0 Å². The first kappa shape index (κ1) is 12.0. The molecule has 2 heteroatoms. The van der Waals surface area contributed by atoms with Crippen LogP contribution in [0.5, 0.6) is 0 Å². The molecule has 0 radical (unpaired) electrons. The van der Waals surface area contributed by atoms with Gasteiger partial charge >= 0.3 is 0 Å². The van der Waals surface area contributed by atoms with Crippen molar-refractivity contribution in [1.29, 1.82) is 0 Å². The molecule has 0 aromatic carbocycles. The summed E-state index contributed by atoms with van der Waals surface area (Å²) in [6.45, 7) is 5.06. The van der Waals surface area contributed by atoms with Crippen LogP contribution in [0.3, 0.4) is 0 Å². The fourth-order valence-electron chi connectivity index (χ4n) is 2.83. The molecular weight excluding hydrogens is 174 g/mol. The van der Waals surface area contributed by atoms with Crippen LogP contribution in [0.1, 0.15) is 46.0 Å². The monoisotopic (exact) mass is 199 g/mol. The summed E-state index contributed by atoms with van der Waals surface area (Å²) in [6, 6.07) is 0. The third kappa shape index (κ3) is 2.71. The highest BCUT2D eigenvalue weighted by atomic mass is 16.3. The Kier molecular flexibility index (Phi) is 4.90. The number of hydrogen-bond donors (Lipinski definition) is 2. The Morgan fingerprint density at radius 3 is 2.57 bits per heavy atom. The molecule has 0 aliphatic heterocycles. The van der Waals surface area contributed by atoms with E-state index in [0.29, 0.717) is 24.3 Å². The summed E-state index contributed by atoms with van der Waals surface area (Å²) >= 11 is 0. The summed E-state index contributed by atoms with van der Waals surface area (Å²) in [7, 11) is 0. The molecular formula is C12H25NO. The lowest BCUT2D eigenvalue weighted by atomic mass is 9.83. The molecule has 0 heterocycles. The zero-order chi connectivity index (χ0) is 10.6. The topological polar surface area (TPSA) is 46.2 Å². The molecule has 1 saturated carbocycles. The van der Waals surface area contributed by atoms with Gasteiger partial charge in [-0.25, -0.2) is 0 Å². The summed E-state index contributed by atoms with van der Waals surface area (Å²) in [5, 5.41) is 10.2. The molecule has 4 atom stereocenters. The van der Waals surface area contributed by atoms with Crippen LogP contribution in [0.2, 0.25) is 0 Å². The van der Waals surface area contributed by atoms with Gasteiger partial charge in [0, 0.05) is 0 Å². The highest BCUT2D eigenvalue weighted by molar-refractivity contribution is 4.84. The van der Waals surface area contributed by atoms with Gasteiger partial charge in [-0.1, -0.05) is 33.1 Å². The maximum Gasteiger partial charge on any atom is 0.0611 e. The molecule has 0 aromatic heterocycles. The average molecular weight is 199 g/mol. The molecule has 84 valence electrons. The molecule has 1 aliphatic rings. The van der Waals surface area contributed by atoms with Gasteiger partial charge in [-0.2, -0.15) is 0 Å². The van der Waals surface area contributed by atoms with Crippen LogP contribution in [0.15, 0.2) is 0 Å². The van der Waals surface area contributed by atoms with Gasteiger partial charge in [-0.05, 0) is 37.1 Å². The van der Waals surface area contributed by atoms with Crippen molar-refractivity contribution in [3.8, 4) is 0 Å². The lowest BCUT2D eigenvalue weighted by molar-refractivity contribution is 0.0357. The van der Waals surface area contributed by atoms with Crippen molar-refractivity contribution >= 4 is 0 Å². The van der Waals surface area contributed by atoms with Crippen molar-refractivity contribution in [2.45, 2.75) is 52.1 Å². The normalized spacial score (nSPS) is 31.7. The number of aliphatic hydroxyl groups excluding tert-OH is 1. The number of hydrogen-bond acceptors (Lipinski definition) is 2. The SMILES string of the molecule is CCCC(CN)C(O)C1CCCC1C. The van der Waals surface area contributed by atoms with E-state index in [1.165, 1.54) is 19.3 Å². The molecule has 2 nitrogen and oxygen atoms in total. The van der Waals surface area contributed by atoms with E-state index in [2.05, 4.69) is 13.8 Å². The van der Waals surface area contributed by atoms with E-state index >= 15 is 0 Å². The fraction of sp³-hybridized carbons (Fsp3) is 1.00. The lowest BCUT2D eigenvalue weighted by Crippen LogP contribution is -2.35. The minimum atomic E-state index is -0.155. The second kappa shape index (κ2) is 5.72. The third-order valence-electron chi connectivity index (χ3n) is 3.81. The first-order valence-corrected chi connectivity index (χ1v) is 6.08. The first-order chi connectivity index (χ1) is 6.70. The summed E-state index contributed by atoms with van der Waals surface area (Å²) in [4.78, 5) is 0. The Balaban J connectivity index is 2.48. The summed E-state index contributed by atoms with van der Waals surface area (Å²) < 4.78 is 0. The molecule has 1 rings (SSSR count). The van der Waals surface area contributed by atoms with Gasteiger partial charge in [0.25, 0.3) is 0 Å². The van der Waals surface area contributed by atoms with Crippen LogP contribution < -0.4 is 5.73 Å². The second-order valence-corrected chi connectivity index (χ2v) is 4.85. The van der Waals surface area contributed by atoms with Crippen molar-refractivity contribution in [2.75, 3.05) is 6.54 Å². The van der Waals surface area contributed by atoms with Gasteiger partial charge in [0.2, 0.25) is 0 Å². The Hall–Kier alpha value is -0.0800. The Morgan fingerprint density at radius 2 is 2.14 bits per heavy atom. The van der Waals surface area contributed by atoms with Gasteiger partial charge in [0.05, 0.1) is 6.10 Å². The number of rotatable bonds is 5. The molecule has 0 spiro atoms. The predicted octanol–water partition coefficient (Wildman–Crippen LogP) is 2.16. The predicted molar refractivity (Wildman–Crippen MR) is 60.0 cm³/mol. The minimum Gasteiger partial charge on any atom is -0.392 e. The van der Waals surface area contributed by atoms with E-state index < -0.39 is 0 Å². The van der Waals surface area contributed by atoms with Gasteiger partial charge in [0.1, 0.15) is 0 Å². The molecule has 3 N–H and O–H groups in total. The molecule has 1 aliphatic carbocycles. The molecule has 0 aromatic rings. The van der Waals surface area contributed by atoms with E-state index in [1.807, 2.05) is 0 Å². The minimum absolute atomic E-state index is 0.155. The van der Waals surface area contributed by atoms with Crippen LogP contribution in [-0.4, -0.2) is 17.8 Å². The Labute approximate surface area is 87.9 Å². The summed E-state index contributed by atoms with van der Waals surface area (Å²) in [5.74, 6) is 1.52. The van der Waals surface area contributed by atoms with Crippen molar-refractivity contribution in [3.63, 3.8) is 0 Å². The van der Waals surface area contributed by atoms with Crippen molar-refractivity contribution < 1.29 is 5.11 Å². The van der Waals surface area contributed by atoms with Crippen LogP contribution in [0, 0.1) is 17.8 Å². The van der Waals surface area contributed by atoms with E-state index in [4.69, 9.17) is 5.73 Å². The van der Waals surface area contributed by atoms with Crippen molar-refractivity contribution in [3.05, 3.63) is 0 Å². The van der Waals surface area contributed by atoms with E-state index in [0.717, 1.165) is 12.8 Å². The second-order valence-electron chi connectivity index (χ2n) is 4.85. The fourth-order valence-corrected chi connectivity index (χ4v) is 2.83. The van der Waals surface area contributed by atoms with E-state index in [-0.39, 0.29) is 6.10 Å². The third-order valence-corrected chi connectivity index (χ3v) is 3.81. The smallest absolute Gasteiger partial charge is 0.0611 e. The highest BCUT2D eigenvalue weighted by Gasteiger charge is 2.33. The first-order valence-electron chi connectivity index (χ1n) is 6.08. The molecule has 14 heavy (non-hydrogen) atoms. The zero-order valence-electron chi connectivity index (χ0n) is 9.58. The van der Waals surface area contributed by atoms with Crippen molar-refractivity contribution in [2.24, 2.45) is 23.5 Å². The molecule has 0 amide bonds. The Morgan fingerprint density at radius 1 is 1.43 bits per heavy atom. The van der Waals surface area contributed by atoms with Crippen molar-refractivity contribution in [1.82, 2.24) is 0 Å². The summed E-state index contributed by atoms with van der Waals surface area (Å²) in [6.07, 6.45) is 5.80. The largest absolute Gasteiger partial charge is 0.392 e. The molecule has 1 fully saturated rings. The molecule has 4 unspecified atom stereocenters. The van der Waals surface area contributed by atoms with Gasteiger partial charge in [0.15, 0.2) is 0 Å². The quantitative estimate of drug-likeness (QED) is 0.712. The van der Waals surface area contributed by atoms with Crippen LogP contribution in [0.4, 0.5) is 0 Å². The number of nitrogens with two attached hydrogens (primary N) is 1. The standard InChI is InChI=1S/C12H25NO/c1-3-5-10(8-13)12(14)11-7-4-6-9(11)2/h9-12,14H,3-8,13H2,1-2H3. The maximum absolute atomic E-state index is 10.2. The molecule has 0 saturated heterocycles. The van der Waals surface area contributed by atoms with Gasteiger partial charge in [-0.15, -0.1) is 0 Å². The molecule has 0 bridgehead atoms. The average Bonchev–Trinajstić information content (AvgIpc) is 2.59.